The molecule has 21 heavy (non-hydrogen) atoms. The van der Waals surface area contributed by atoms with Crippen LogP contribution in [0.4, 0.5) is 10.1 Å². The molecule has 110 valence electrons. The number of nitrogens with zero attached hydrogens (tertiary/aromatic N) is 2. The summed E-state index contributed by atoms with van der Waals surface area (Å²) in [6, 6.07) is 4.43. The molecule has 0 saturated heterocycles. The largest absolute Gasteiger partial charge is 0.468 e. The lowest BCUT2D eigenvalue weighted by Crippen LogP contribution is -2.14. The Morgan fingerprint density at radius 3 is 2.95 bits per heavy atom. The molecule has 1 heterocycles. The first-order valence-corrected chi connectivity index (χ1v) is 6.65. The zero-order chi connectivity index (χ0) is 15.4. The summed E-state index contributed by atoms with van der Waals surface area (Å²) in [7, 11) is 1.27. The van der Waals surface area contributed by atoms with Crippen LogP contribution in [-0.2, 0) is 16.1 Å². The third-order valence-corrected chi connectivity index (χ3v) is 3.22. The van der Waals surface area contributed by atoms with Crippen molar-refractivity contribution in [3.8, 4) is 0 Å². The van der Waals surface area contributed by atoms with Crippen molar-refractivity contribution in [3.63, 3.8) is 0 Å². The number of rotatable bonds is 4. The number of carbonyl (C=O) groups excluding carboxylic acids is 2. The number of amides is 1. The molecule has 1 aromatic carbocycles. The van der Waals surface area contributed by atoms with Crippen LogP contribution in [0.1, 0.15) is 10.4 Å². The number of carbonyl (C=O) groups is 2. The van der Waals surface area contributed by atoms with E-state index in [1.807, 2.05) is 0 Å². The average molecular weight is 356 g/mol. The summed E-state index contributed by atoms with van der Waals surface area (Å²) in [4.78, 5) is 23.1. The van der Waals surface area contributed by atoms with Crippen molar-refractivity contribution in [2.24, 2.45) is 0 Å². The number of benzene rings is 1. The van der Waals surface area contributed by atoms with Crippen LogP contribution in [0.3, 0.4) is 0 Å². The van der Waals surface area contributed by atoms with E-state index in [0.29, 0.717) is 5.69 Å². The van der Waals surface area contributed by atoms with Gasteiger partial charge in [-0.1, -0.05) is 6.07 Å². The fourth-order valence-electron chi connectivity index (χ4n) is 1.59. The topological polar surface area (TPSA) is 73.2 Å². The van der Waals surface area contributed by atoms with Gasteiger partial charge in [0.15, 0.2) is 0 Å². The molecule has 0 atom stereocenters. The van der Waals surface area contributed by atoms with Gasteiger partial charge in [0.05, 0.1) is 29.0 Å². The number of nitrogens with one attached hydrogen (secondary N) is 1. The van der Waals surface area contributed by atoms with Crippen molar-refractivity contribution < 1.29 is 18.7 Å². The molecule has 0 unspecified atom stereocenters. The molecule has 8 heteroatoms. The highest BCUT2D eigenvalue weighted by Crippen LogP contribution is 2.19. The van der Waals surface area contributed by atoms with Crippen molar-refractivity contribution in [2.75, 3.05) is 12.4 Å². The van der Waals surface area contributed by atoms with Crippen molar-refractivity contribution in [1.29, 1.82) is 0 Å². The minimum Gasteiger partial charge on any atom is -0.468 e. The Bertz CT molecular complexity index is 687. The maximum Gasteiger partial charge on any atom is 0.327 e. The quantitative estimate of drug-likeness (QED) is 0.853. The number of hydrogen-bond acceptors (Lipinski definition) is 4. The molecule has 1 N–H and O–H groups in total. The molecule has 0 saturated carbocycles. The van der Waals surface area contributed by atoms with E-state index >= 15 is 0 Å². The van der Waals surface area contributed by atoms with Gasteiger partial charge in [0, 0.05) is 6.20 Å². The van der Waals surface area contributed by atoms with E-state index in [2.05, 4.69) is 31.1 Å². The van der Waals surface area contributed by atoms with Gasteiger partial charge in [-0.3, -0.25) is 14.3 Å². The van der Waals surface area contributed by atoms with Gasteiger partial charge >= 0.3 is 5.97 Å². The smallest absolute Gasteiger partial charge is 0.327 e. The molecule has 0 spiro atoms. The molecule has 1 amide bonds. The predicted molar refractivity (Wildman–Crippen MR) is 76.3 cm³/mol. The Morgan fingerprint density at radius 2 is 2.24 bits per heavy atom. The SMILES string of the molecule is COC(=O)Cn1cc(NC(=O)c2cccc(Br)c2F)cn1. The van der Waals surface area contributed by atoms with Crippen LogP contribution >= 0.6 is 15.9 Å². The van der Waals surface area contributed by atoms with Gasteiger partial charge in [0.25, 0.3) is 5.91 Å². The van der Waals surface area contributed by atoms with Crippen molar-refractivity contribution in [2.45, 2.75) is 6.54 Å². The number of aromatic nitrogens is 2. The second-order valence-electron chi connectivity index (χ2n) is 4.06. The fraction of sp³-hybridized carbons (Fsp3) is 0.154. The monoisotopic (exact) mass is 355 g/mol. The minimum absolute atomic E-state index is 0.0718. The molecule has 0 radical (unpaired) electrons. The van der Waals surface area contributed by atoms with E-state index in [0.717, 1.165) is 0 Å². The molecule has 0 aliphatic heterocycles. The first kappa shape index (κ1) is 15.2. The van der Waals surface area contributed by atoms with Gasteiger partial charge in [-0.25, -0.2) is 4.39 Å². The number of halogens is 2. The molecular weight excluding hydrogens is 345 g/mol. The first-order valence-electron chi connectivity index (χ1n) is 5.86. The molecule has 0 aliphatic rings. The number of esters is 1. The summed E-state index contributed by atoms with van der Waals surface area (Å²) in [5.74, 6) is -1.71. The van der Waals surface area contributed by atoms with Crippen molar-refractivity contribution in [3.05, 3.63) is 46.4 Å². The van der Waals surface area contributed by atoms with E-state index in [1.54, 1.807) is 6.07 Å². The molecule has 6 nitrogen and oxygen atoms in total. The molecule has 1 aromatic heterocycles. The fourth-order valence-corrected chi connectivity index (χ4v) is 1.96. The lowest BCUT2D eigenvalue weighted by atomic mass is 10.2. The summed E-state index contributed by atoms with van der Waals surface area (Å²) < 4.78 is 19.8. The molecule has 0 aliphatic carbocycles. The number of ether oxygens (including phenoxy) is 1. The zero-order valence-corrected chi connectivity index (χ0v) is 12.6. The zero-order valence-electron chi connectivity index (χ0n) is 11.0. The Morgan fingerprint density at radius 1 is 1.48 bits per heavy atom. The van der Waals surface area contributed by atoms with Crippen LogP contribution in [0.25, 0.3) is 0 Å². The Hall–Kier alpha value is -2.22. The minimum atomic E-state index is -0.642. The summed E-state index contributed by atoms with van der Waals surface area (Å²) in [5, 5.41) is 6.39. The second-order valence-corrected chi connectivity index (χ2v) is 4.91. The average Bonchev–Trinajstić information content (AvgIpc) is 2.88. The lowest BCUT2D eigenvalue weighted by Gasteiger charge is -2.04. The van der Waals surface area contributed by atoms with E-state index in [4.69, 9.17) is 0 Å². The third kappa shape index (κ3) is 3.66. The van der Waals surface area contributed by atoms with Crippen LogP contribution < -0.4 is 5.32 Å². The molecule has 2 aromatic rings. The number of anilines is 1. The molecule has 2 rings (SSSR count). The standard InChI is InChI=1S/C13H11BrFN3O3/c1-21-11(19)7-18-6-8(5-16-18)17-13(20)9-3-2-4-10(14)12(9)15/h2-6H,7H2,1H3,(H,17,20). The second kappa shape index (κ2) is 6.49. The highest BCUT2D eigenvalue weighted by atomic mass is 79.9. The number of methoxy groups -OCH3 is 1. The van der Waals surface area contributed by atoms with E-state index in [9.17, 15) is 14.0 Å². The summed E-state index contributed by atoms with van der Waals surface area (Å²) in [6.07, 6.45) is 2.81. The maximum absolute atomic E-state index is 13.8. The van der Waals surface area contributed by atoms with E-state index < -0.39 is 17.7 Å². The lowest BCUT2D eigenvalue weighted by molar-refractivity contribution is -0.141. The van der Waals surface area contributed by atoms with Gasteiger partial charge in [-0.05, 0) is 28.1 Å². The normalized spacial score (nSPS) is 10.2. The van der Waals surface area contributed by atoms with Crippen LogP contribution in [0, 0.1) is 5.82 Å². The summed E-state index contributed by atoms with van der Waals surface area (Å²) in [5.41, 5.74) is 0.258. The van der Waals surface area contributed by atoms with Gasteiger partial charge in [-0.2, -0.15) is 5.10 Å². The Balaban J connectivity index is 2.09. The highest BCUT2D eigenvalue weighted by molar-refractivity contribution is 9.10. The van der Waals surface area contributed by atoms with Gasteiger partial charge in [0.1, 0.15) is 12.4 Å². The van der Waals surface area contributed by atoms with Gasteiger partial charge in [-0.15, -0.1) is 0 Å². The molecular formula is C13H11BrFN3O3. The van der Waals surface area contributed by atoms with Crippen LogP contribution in [0.5, 0.6) is 0 Å². The summed E-state index contributed by atoms with van der Waals surface area (Å²) in [6.45, 7) is -0.0718. The van der Waals surface area contributed by atoms with Gasteiger partial charge in [0.2, 0.25) is 0 Å². The van der Waals surface area contributed by atoms with Crippen LogP contribution in [0.2, 0.25) is 0 Å². The van der Waals surface area contributed by atoms with Crippen molar-refractivity contribution >= 4 is 33.5 Å². The molecule has 0 fully saturated rings. The third-order valence-electron chi connectivity index (χ3n) is 2.61. The highest BCUT2D eigenvalue weighted by Gasteiger charge is 2.15. The predicted octanol–water partition coefficient (Wildman–Crippen LogP) is 2.21. The van der Waals surface area contributed by atoms with Gasteiger partial charge < -0.3 is 10.1 Å². The van der Waals surface area contributed by atoms with E-state index in [1.165, 1.54) is 36.3 Å². The molecule has 0 bridgehead atoms. The maximum atomic E-state index is 13.8. The summed E-state index contributed by atoms with van der Waals surface area (Å²) >= 11 is 3.02. The first-order chi connectivity index (χ1) is 10.0. The van der Waals surface area contributed by atoms with Crippen molar-refractivity contribution in [1.82, 2.24) is 9.78 Å². The van der Waals surface area contributed by atoms with Crippen LogP contribution in [0.15, 0.2) is 35.1 Å². The number of hydrogen-bond donors (Lipinski definition) is 1. The Kier molecular flexibility index (Phi) is 4.69. The Labute approximate surface area is 128 Å². The van der Waals surface area contributed by atoms with Crippen LogP contribution in [-0.4, -0.2) is 28.8 Å². The van der Waals surface area contributed by atoms with E-state index in [-0.39, 0.29) is 16.6 Å².